The fraction of sp³-hybridized carbons (Fsp3) is 0. The first kappa shape index (κ1) is 35.2. The van der Waals surface area contributed by atoms with Crippen LogP contribution in [0.15, 0.2) is 231 Å². The molecule has 0 spiro atoms. The summed E-state index contributed by atoms with van der Waals surface area (Å²) in [5.41, 5.74) is 14.0. The lowest BCUT2D eigenvalue weighted by Crippen LogP contribution is -2.12. The highest BCUT2D eigenvalue weighted by atomic mass is 32.1. The molecule has 0 aliphatic carbocycles. The number of para-hydroxylation sites is 4. The van der Waals surface area contributed by atoms with Crippen molar-refractivity contribution in [1.82, 2.24) is 4.57 Å². The van der Waals surface area contributed by atoms with E-state index in [1.807, 2.05) is 11.3 Å². The molecule has 2 aromatic heterocycles. The summed E-state index contributed by atoms with van der Waals surface area (Å²) in [5, 5.41) is 7.50. The first-order valence-corrected chi connectivity index (χ1v) is 21.7. The van der Waals surface area contributed by atoms with E-state index in [9.17, 15) is 0 Å². The molecule has 12 aromatic rings. The minimum Gasteiger partial charge on any atom is -0.309 e. The number of rotatable bonds is 7. The van der Waals surface area contributed by atoms with E-state index in [1.54, 1.807) is 0 Å². The Balaban J connectivity index is 1.15. The summed E-state index contributed by atoms with van der Waals surface area (Å²) < 4.78 is 4.95. The van der Waals surface area contributed by atoms with Gasteiger partial charge in [-0.2, -0.15) is 0 Å². The van der Waals surface area contributed by atoms with Crippen molar-refractivity contribution in [3.63, 3.8) is 0 Å². The van der Waals surface area contributed by atoms with Gasteiger partial charge in [-0.25, -0.2) is 0 Å². The number of benzene rings is 10. The second-order valence-electron chi connectivity index (χ2n) is 15.6. The monoisotopic (exact) mass is 794 g/mol. The normalized spacial score (nSPS) is 11.6. The average molecular weight is 795 g/mol. The third-order valence-corrected chi connectivity index (χ3v) is 13.4. The van der Waals surface area contributed by atoms with Crippen LogP contribution < -0.4 is 4.90 Å². The summed E-state index contributed by atoms with van der Waals surface area (Å²) in [5.74, 6) is 0. The SMILES string of the molecule is c1ccc(-c2cccc3cccc(-c4ccccc4N(c4ccccc4-c4ccc5c6ccccc6n(-c6ccccc6)c5c4)c4cccc5c4sc4ccccc45)c23)cc1. The van der Waals surface area contributed by atoms with Gasteiger partial charge in [-0.15, -0.1) is 11.3 Å². The van der Waals surface area contributed by atoms with Crippen LogP contribution in [0, 0.1) is 0 Å². The summed E-state index contributed by atoms with van der Waals surface area (Å²) in [4.78, 5) is 2.53. The number of hydrogen-bond acceptors (Lipinski definition) is 2. The maximum Gasteiger partial charge on any atom is 0.0640 e. The van der Waals surface area contributed by atoms with Gasteiger partial charge in [0.25, 0.3) is 0 Å². The van der Waals surface area contributed by atoms with Crippen molar-refractivity contribution in [2.45, 2.75) is 0 Å². The van der Waals surface area contributed by atoms with Gasteiger partial charge in [0, 0.05) is 43.1 Å². The van der Waals surface area contributed by atoms with Gasteiger partial charge in [0.15, 0.2) is 0 Å². The van der Waals surface area contributed by atoms with Crippen molar-refractivity contribution in [3.8, 4) is 39.1 Å². The average Bonchev–Trinajstić information content (AvgIpc) is 3.88. The lowest BCUT2D eigenvalue weighted by atomic mass is 9.90. The number of anilines is 3. The molecule has 0 amide bonds. The van der Waals surface area contributed by atoms with Crippen LogP contribution in [0.5, 0.6) is 0 Å². The quantitative estimate of drug-likeness (QED) is 0.156. The molecule has 12 rings (SSSR count). The van der Waals surface area contributed by atoms with Crippen LogP contribution in [0.3, 0.4) is 0 Å². The third-order valence-electron chi connectivity index (χ3n) is 12.2. The smallest absolute Gasteiger partial charge is 0.0640 e. The largest absolute Gasteiger partial charge is 0.309 e. The molecule has 0 saturated carbocycles. The number of fused-ring (bicyclic) bond motifs is 7. The van der Waals surface area contributed by atoms with Crippen molar-refractivity contribution in [2.75, 3.05) is 4.90 Å². The lowest BCUT2D eigenvalue weighted by molar-refractivity contribution is 1.18. The van der Waals surface area contributed by atoms with E-state index in [4.69, 9.17) is 0 Å². The maximum atomic E-state index is 2.53. The van der Waals surface area contributed by atoms with E-state index in [1.165, 1.54) is 75.0 Å². The van der Waals surface area contributed by atoms with E-state index >= 15 is 0 Å². The van der Waals surface area contributed by atoms with Gasteiger partial charge in [0.05, 0.1) is 32.8 Å². The van der Waals surface area contributed by atoms with Crippen LogP contribution in [0.25, 0.3) is 91.8 Å². The zero-order valence-corrected chi connectivity index (χ0v) is 34.1. The number of nitrogens with zero attached hydrogens (tertiary/aromatic N) is 2. The Kier molecular flexibility index (Phi) is 8.39. The van der Waals surface area contributed by atoms with Crippen LogP contribution in [0.2, 0.25) is 0 Å². The molecule has 0 unspecified atom stereocenters. The van der Waals surface area contributed by atoms with Gasteiger partial charge < -0.3 is 9.47 Å². The summed E-state index contributed by atoms with van der Waals surface area (Å²) in [6.07, 6.45) is 0. The van der Waals surface area contributed by atoms with Crippen LogP contribution in [-0.2, 0) is 0 Å². The van der Waals surface area contributed by atoms with E-state index in [2.05, 4.69) is 240 Å². The van der Waals surface area contributed by atoms with Crippen molar-refractivity contribution < 1.29 is 0 Å². The minimum atomic E-state index is 1.12. The van der Waals surface area contributed by atoms with Gasteiger partial charge in [-0.3, -0.25) is 0 Å². The standard InChI is InChI=1S/C58H38N2S/c1-3-18-39(19-4-1)44-28-15-20-40-21-16-29-49(57(40)44)46-26-9-13-33-53(46)60(54-34-17-30-50-48-27-10-14-35-56(48)61-58(50)54)51-31-11-7-24-43(51)41-36-37-47-45-25-8-12-32-52(45)59(55(47)38-41)42-22-5-2-6-23-42/h1-38H. The van der Waals surface area contributed by atoms with E-state index in [0.29, 0.717) is 0 Å². The van der Waals surface area contributed by atoms with Crippen molar-refractivity contribution in [3.05, 3.63) is 231 Å². The number of thiophene rings is 1. The second-order valence-corrected chi connectivity index (χ2v) is 16.7. The first-order valence-electron chi connectivity index (χ1n) is 20.9. The van der Waals surface area contributed by atoms with Crippen LogP contribution >= 0.6 is 11.3 Å². The molecule has 0 saturated heterocycles. The van der Waals surface area contributed by atoms with Gasteiger partial charge in [0.2, 0.25) is 0 Å². The van der Waals surface area contributed by atoms with Crippen LogP contribution in [0.1, 0.15) is 0 Å². The van der Waals surface area contributed by atoms with Crippen molar-refractivity contribution in [2.24, 2.45) is 0 Å². The Bertz CT molecular complexity index is 3590. The molecule has 61 heavy (non-hydrogen) atoms. The molecule has 0 radical (unpaired) electrons. The zero-order chi connectivity index (χ0) is 40.3. The van der Waals surface area contributed by atoms with Gasteiger partial charge >= 0.3 is 0 Å². The molecule has 2 heterocycles. The van der Waals surface area contributed by atoms with Crippen LogP contribution in [-0.4, -0.2) is 4.57 Å². The molecule has 286 valence electrons. The van der Waals surface area contributed by atoms with E-state index in [-0.39, 0.29) is 0 Å². The summed E-state index contributed by atoms with van der Waals surface area (Å²) in [6.45, 7) is 0. The summed E-state index contributed by atoms with van der Waals surface area (Å²) >= 11 is 1.87. The Labute approximate surface area is 358 Å². The predicted molar refractivity (Wildman–Crippen MR) is 262 cm³/mol. The Morgan fingerprint density at radius 3 is 1.74 bits per heavy atom. The summed E-state index contributed by atoms with van der Waals surface area (Å²) in [7, 11) is 0. The molecular weight excluding hydrogens is 757 g/mol. The topological polar surface area (TPSA) is 8.17 Å². The highest BCUT2D eigenvalue weighted by molar-refractivity contribution is 7.26. The molecule has 0 fully saturated rings. The third kappa shape index (κ3) is 5.78. The fourth-order valence-electron chi connectivity index (χ4n) is 9.52. The zero-order valence-electron chi connectivity index (χ0n) is 33.2. The first-order chi connectivity index (χ1) is 30.3. The molecule has 0 aliphatic rings. The Morgan fingerprint density at radius 2 is 0.918 bits per heavy atom. The van der Waals surface area contributed by atoms with Crippen molar-refractivity contribution in [1.29, 1.82) is 0 Å². The van der Waals surface area contributed by atoms with E-state index in [0.717, 1.165) is 33.9 Å². The lowest BCUT2D eigenvalue weighted by Gasteiger charge is -2.30. The van der Waals surface area contributed by atoms with Gasteiger partial charge in [-0.05, 0) is 81.6 Å². The molecule has 2 nitrogen and oxygen atoms in total. The number of aromatic nitrogens is 1. The molecule has 3 heteroatoms. The Hall–Kier alpha value is -7.72. The number of hydrogen-bond donors (Lipinski definition) is 0. The fourth-order valence-corrected chi connectivity index (χ4v) is 10.7. The maximum absolute atomic E-state index is 2.53. The van der Waals surface area contributed by atoms with Gasteiger partial charge in [0.1, 0.15) is 0 Å². The molecular formula is C58H38N2S. The summed E-state index contributed by atoms with van der Waals surface area (Å²) in [6, 6.07) is 84.3. The minimum absolute atomic E-state index is 1.12. The Morgan fingerprint density at radius 1 is 0.344 bits per heavy atom. The van der Waals surface area contributed by atoms with Gasteiger partial charge in [-0.1, -0.05) is 182 Å². The predicted octanol–water partition coefficient (Wildman–Crippen LogP) is 16.8. The highest BCUT2D eigenvalue weighted by Gasteiger charge is 2.25. The highest BCUT2D eigenvalue weighted by Crippen LogP contribution is 2.51. The molecule has 0 bridgehead atoms. The molecule has 0 aliphatic heterocycles. The molecule has 0 N–H and O–H groups in total. The molecule has 0 atom stereocenters. The van der Waals surface area contributed by atoms with Crippen LogP contribution in [0.4, 0.5) is 17.1 Å². The molecule has 10 aromatic carbocycles. The van der Waals surface area contributed by atoms with Crippen molar-refractivity contribution >= 4 is 81.1 Å². The second kappa shape index (κ2) is 14.5. The van der Waals surface area contributed by atoms with E-state index < -0.39 is 0 Å².